The normalized spacial score (nSPS) is 10.1. The predicted octanol–water partition coefficient (Wildman–Crippen LogP) is 3.43. The molecule has 0 heterocycles. The molecule has 2 rings (SSSR count). The zero-order valence-corrected chi connectivity index (χ0v) is 13.4. The monoisotopic (exact) mass is 360 g/mol. The van der Waals surface area contributed by atoms with Gasteiger partial charge in [-0.1, -0.05) is 52.3 Å². The Hall–Kier alpha value is -2.27. The molecule has 0 amide bonds. The number of carbonyl (C=O) groups is 3. The smallest absolute Gasteiger partial charge is 0.337 e. The van der Waals surface area contributed by atoms with Gasteiger partial charge in [-0.3, -0.25) is 9.59 Å². The molecule has 0 fully saturated rings. The van der Waals surface area contributed by atoms with Crippen LogP contribution in [0, 0.1) is 0 Å². The average molecular weight is 361 g/mol. The summed E-state index contributed by atoms with van der Waals surface area (Å²) in [7, 11) is 1.28. The molecule has 0 bridgehead atoms. The van der Waals surface area contributed by atoms with Crippen molar-refractivity contribution in [2.75, 3.05) is 7.11 Å². The minimum Gasteiger partial charge on any atom is -0.465 e. The first kappa shape index (κ1) is 16.1. The standard InChI is InChI=1S/C17H13BrO4/c1-22-17(21)14-8-6-13(7-9-14)16(20)15(19)12-4-2-11(10-18)3-5-12/h2-9H,10H2,1H3. The minimum absolute atomic E-state index is 0.238. The number of rotatable bonds is 5. The quantitative estimate of drug-likeness (QED) is 0.354. The number of alkyl halides is 1. The fraction of sp³-hybridized carbons (Fsp3) is 0.118. The Morgan fingerprint density at radius 3 is 1.64 bits per heavy atom. The second-order valence-corrected chi connectivity index (χ2v) is 5.12. The number of carbonyl (C=O) groups excluding carboxylic acids is 3. The highest BCUT2D eigenvalue weighted by Crippen LogP contribution is 2.12. The molecular formula is C17H13BrO4. The fourth-order valence-electron chi connectivity index (χ4n) is 1.88. The van der Waals surface area contributed by atoms with Crippen LogP contribution in [0.4, 0.5) is 0 Å². The number of halogens is 1. The van der Waals surface area contributed by atoms with Gasteiger partial charge in [0.2, 0.25) is 11.6 Å². The largest absolute Gasteiger partial charge is 0.465 e. The van der Waals surface area contributed by atoms with Crippen molar-refractivity contribution < 1.29 is 19.1 Å². The molecule has 0 aliphatic heterocycles. The van der Waals surface area contributed by atoms with Gasteiger partial charge < -0.3 is 4.74 Å². The van der Waals surface area contributed by atoms with Crippen LogP contribution in [0.1, 0.15) is 36.6 Å². The van der Waals surface area contributed by atoms with Crippen LogP contribution in [0.3, 0.4) is 0 Å². The molecule has 0 spiro atoms. The number of ether oxygens (including phenoxy) is 1. The van der Waals surface area contributed by atoms with Gasteiger partial charge in [0.1, 0.15) is 0 Å². The molecule has 4 nitrogen and oxygen atoms in total. The van der Waals surface area contributed by atoms with E-state index in [-0.39, 0.29) is 5.56 Å². The molecule has 0 atom stereocenters. The molecule has 0 saturated heterocycles. The van der Waals surface area contributed by atoms with Gasteiger partial charge in [-0.05, 0) is 17.7 Å². The van der Waals surface area contributed by atoms with Crippen molar-refractivity contribution >= 4 is 33.5 Å². The first-order valence-corrected chi connectivity index (χ1v) is 7.61. The van der Waals surface area contributed by atoms with E-state index in [2.05, 4.69) is 20.7 Å². The van der Waals surface area contributed by atoms with Crippen molar-refractivity contribution in [3.05, 3.63) is 70.8 Å². The highest BCUT2D eigenvalue weighted by molar-refractivity contribution is 9.08. The minimum atomic E-state index is -0.608. The Morgan fingerprint density at radius 1 is 0.818 bits per heavy atom. The van der Waals surface area contributed by atoms with Crippen molar-refractivity contribution in [2.45, 2.75) is 5.33 Å². The zero-order valence-electron chi connectivity index (χ0n) is 11.8. The Morgan fingerprint density at radius 2 is 1.23 bits per heavy atom. The Bertz CT molecular complexity index is 702. The van der Waals surface area contributed by atoms with Gasteiger partial charge in [0.05, 0.1) is 12.7 Å². The average Bonchev–Trinajstić information content (AvgIpc) is 2.60. The molecule has 0 aromatic heterocycles. The van der Waals surface area contributed by atoms with Crippen LogP contribution in [0.15, 0.2) is 48.5 Å². The van der Waals surface area contributed by atoms with E-state index >= 15 is 0 Å². The van der Waals surface area contributed by atoms with E-state index in [0.29, 0.717) is 16.5 Å². The van der Waals surface area contributed by atoms with Gasteiger partial charge in [-0.15, -0.1) is 0 Å². The number of ketones is 2. The topological polar surface area (TPSA) is 60.4 Å². The summed E-state index contributed by atoms with van der Waals surface area (Å²) >= 11 is 3.32. The number of hydrogen-bond acceptors (Lipinski definition) is 4. The van der Waals surface area contributed by atoms with E-state index < -0.39 is 17.5 Å². The summed E-state index contributed by atoms with van der Waals surface area (Å²) in [5.41, 5.74) is 1.92. The third kappa shape index (κ3) is 3.49. The lowest BCUT2D eigenvalue weighted by atomic mass is 10.00. The molecule has 22 heavy (non-hydrogen) atoms. The second kappa shape index (κ2) is 7.13. The first-order valence-electron chi connectivity index (χ1n) is 6.49. The Balaban J connectivity index is 2.19. The molecule has 0 aliphatic carbocycles. The fourth-order valence-corrected chi connectivity index (χ4v) is 2.26. The van der Waals surface area contributed by atoms with E-state index in [1.165, 1.54) is 31.4 Å². The SMILES string of the molecule is COC(=O)c1ccc(C(=O)C(=O)c2ccc(CBr)cc2)cc1. The van der Waals surface area contributed by atoms with Crippen LogP contribution < -0.4 is 0 Å². The highest BCUT2D eigenvalue weighted by atomic mass is 79.9. The molecular weight excluding hydrogens is 348 g/mol. The van der Waals surface area contributed by atoms with E-state index in [9.17, 15) is 14.4 Å². The van der Waals surface area contributed by atoms with Gasteiger partial charge >= 0.3 is 5.97 Å². The molecule has 112 valence electrons. The van der Waals surface area contributed by atoms with Gasteiger partial charge in [0.25, 0.3) is 0 Å². The summed E-state index contributed by atoms with van der Waals surface area (Å²) in [6.07, 6.45) is 0. The van der Waals surface area contributed by atoms with E-state index in [1.54, 1.807) is 24.3 Å². The van der Waals surface area contributed by atoms with Crippen molar-refractivity contribution in [3.8, 4) is 0 Å². The summed E-state index contributed by atoms with van der Waals surface area (Å²) < 4.78 is 4.58. The molecule has 0 aliphatic rings. The number of esters is 1. The number of hydrogen-bond donors (Lipinski definition) is 0. The molecule has 2 aromatic rings. The molecule has 5 heteroatoms. The highest BCUT2D eigenvalue weighted by Gasteiger charge is 2.18. The first-order chi connectivity index (χ1) is 10.6. The van der Waals surface area contributed by atoms with Crippen molar-refractivity contribution in [1.29, 1.82) is 0 Å². The van der Waals surface area contributed by atoms with Gasteiger partial charge in [0.15, 0.2) is 0 Å². The van der Waals surface area contributed by atoms with Crippen molar-refractivity contribution in [2.24, 2.45) is 0 Å². The van der Waals surface area contributed by atoms with Gasteiger partial charge in [-0.25, -0.2) is 4.79 Å². The lowest BCUT2D eigenvalue weighted by Gasteiger charge is -2.03. The maximum absolute atomic E-state index is 12.2. The van der Waals surface area contributed by atoms with Crippen LogP contribution >= 0.6 is 15.9 Å². The lowest BCUT2D eigenvalue weighted by Crippen LogP contribution is -2.14. The third-order valence-corrected chi connectivity index (χ3v) is 3.79. The molecule has 0 saturated carbocycles. The van der Waals surface area contributed by atoms with Gasteiger partial charge in [0, 0.05) is 16.5 Å². The van der Waals surface area contributed by atoms with Gasteiger partial charge in [-0.2, -0.15) is 0 Å². The van der Waals surface area contributed by atoms with Crippen LogP contribution in [0.5, 0.6) is 0 Å². The molecule has 2 aromatic carbocycles. The summed E-state index contributed by atoms with van der Waals surface area (Å²) in [4.78, 5) is 35.7. The maximum atomic E-state index is 12.2. The number of methoxy groups -OCH3 is 1. The summed E-state index contributed by atoms with van der Waals surface area (Å²) in [6, 6.07) is 12.6. The van der Waals surface area contributed by atoms with E-state index in [0.717, 1.165) is 5.56 Å². The second-order valence-electron chi connectivity index (χ2n) is 4.56. The van der Waals surface area contributed by atoms with E-state index in [1.807, 2.05) is 0 Å². The summed E-state index contributed by atoms with van der Waals surface area (Å²) in [5, 5.41) is 0.685. The zero-order chi connectivity index (χ0) is 16.1. The number of benzene rings is 2. The maximum Gasteiger partial charge on any atom is 0.337 e. The summed E-state index contributed by atoms with van der Waals surface area (Å²) in [5.74, 6) is -1.68. The van der Waals surface area contributed by atoms with Crippen LogP contribution in [-0.4, -0.2) is 24.6 Å². The molecule has 0 N–H and O–H groups in total. The van der Waals surface area contributed by atoms with Crippen LogP contribution in [0.2, 0.25) is 0 Å². The van der Waals surface area contributed by atoms with Crippen molar-refractivity contribution in [1.82, 2.24) is 0 Å². The summed E-state index contributed by atoms with van der Waals surface area (Å²) in [6.45, 7) is 0. The van der Waals surface area contributed by atoms with Crippen LogP contribution in [0.25, 0.3) is 0 Å². The third-order valence-electron chi connectivity index (χ3n) is 3.14. The predicted molar refractivity (Wildman–Crippen MR) is 85.5 cm³/mol. The molecule has 0 radical (unpaired) electrons. The Kier molecular flexibility index (Phi) is 5.22. The molecule has 0 unspecified atom stereocenters. The Labute approximate surface area is 136 Å². The van der Waals surface area contributed by atoms with Crippen LogP contribution in [-0.2, 0) is 10.1 Å². The van der Waals surface area contributed by atoms with E-state index in [4.69, 9.17) is 0 Å². The van der Waals surface area contributed by atoms with Crippen molar-refractivity contribution in [3.63, 3.8) is 0 Å². The number of Topliss-reactive ketones (excluding diaryl/α,β-unsaturated/α-hetero) is 2. The lowest BCUT2D eigenvalue weighted by molar-refractivity contribution is 0.0600.